The van der Waals surface area contributed by atoms with Crippen molar-refractivity contribution in [3.63, 3.8) is 0 Å². The molecule has 0 fully saturated rings. The van der Waals surface area contributed by atoms with Gasteiger partial charge in [0.15, 0.2) is 11.0 Å². The van der Waals surface area contributed by atoms with E-state index >= 15 is 0 Å². The van der Waals surface area contributed by atoms with Crippen molar-refractivity contribution < 1.29 is 9.53 Å². The van der Waals surface area contributed by atoms with Crippen LogP contribution in [0.1, 0.15) is 13.8 Å². The summed E-state index contributed by atoms with van der Waals surface area (Å²) in [6.07, 6.45) is -0.156. The summed E-state index contributed by atoms with van der Waals surface area (Å²) in [6.45, 7) is 3.63. The van der Waals surface area contributed by atoms with Gasteiger partial charge in [0.1, 0.15) is 0 Å². The molecule has 8 heteroatoms. The molecule has 27 heavy (non-hydrogen) atoms. The number of esters is 1. The molecule has 1 aromatic heterocycles. The standard InChI is InChI=1S/C19H17Cl2N3O2S/c1-12(2)26-17(25)11-27-19-23-22-18(13-3-5-14(20)6-4-13)24(19)16-9-7-15(21)8-10-16/h3-10,12H,11H2,1-2H3. The number of hydrogen-bond donors (Lipinski definition) is 0. The molecule has 0 saturated heterocycles. The smallest absolute Gasteiger partial charge is 0.316 e. The predicted molar refractivity (Wildman–Crippen MR) is 109 cm³/mol. The minimum atomic E-state index is -0.298. The lowest BCUT2D eigenvalue weighted by molar-refractivity contribution is -0.144. The molecule has 5 nitrogen and oxygen atoms in total. The summed E-state index contributed by atoms with van der Waals surface area (Å²) in [5, 5.41) is 10.4. The van der Waals surface area contributed by atoms with Crippen LogP contribution in [0.5, 0.6) is 0 Å². The van der Waals surface area contributed by atoms with Gasteiger partial charge < -0.3 is 4.74 Å². The maximum Gasteiger partial charge on any atom is 0.316 e. The summed E-state index contributed by atoms with van der Waals surface area (Å²) in [7, 11) is 0. The van der Waals surface area contributed by atoms with Gasteiger partial charge in [-0.2, -0.15) is 0 Å². The number of thioether (sulfide) groups is 1. The topological polar surface area (TPSA) is 57.0 Å². The van der Waals surface area contributed by atoms with E-state index in [4.69, 9.17) is 27.9 Å². The van der Waals surface area contributed by atoms with Gasteiger partial charge in [0.05, 0.1) is 11.9 Å². The van der Waals surface area contributed by atoms with Crippen LogP contribution in [0.2, 0.25) is 10.0 Å². The third-order valence-corrected chi connectivity index (χ3v) is 4.91. The molecule has 0 amide bonds. The Hall–Kier alpha value is -2.02. The number of rotatable bonds is 6. The van der Waals surface area contributed by atoms with Crippen LogP contribution in [0.25, 0.3) is 17.1 Å². The van der Waals surface area contributed by atoms with Gasteiger partial charge >= 0.3 is 5.97 Å². The van der Waals surface area contributed by atoms with E-state index in [1.807, 2.05) is 42.7 Å². The molecule has 3 rings (SSSR count). The van der Waals surface area contributed by atoms with Crippen molar-refractivity contribution in [1.82, 2.24) is 14.8 Å². The van der Waals surface area contributed by atoms with Crippen LogP contribution in [0, 0.1) is 0 Å². The predicted octanol–water partition coefficient (Wildman–Crippen LogP) is 5.28. The molecular formula is C19H17Cl2N3O2S. The van der Waals surface area contributed by atoms with Gasteiger partial charge in [-0.3, -0.25) is 9.36 Å². The molecule has 3 aromatic rings. The van der Waals surface area contributed by atoms with Gasteiger partial charge in [-0.1, -0.05) is 35.0 Å². The third kappa shape index (κ3) is 5.03. The lowest BCUT2D eigenvalue weighted by Crippen LogP contribution is -2.13. The summed E-state index contributed by atoms with van der Waals surface area (Å²) in [5.74, 6) is 0.493. The van der Waals surface area contributed by atoms with Crippen LogP contribution in [-0.2, 0) is 9.53 Å². The fourth-order valence-corrected chi connectivity index (χ4v) is 3.38. The van der Waals surface area contributed by atoms with Crippen LogP contribution in [0.15, 0.2) is 53.7 Å². The van der Waals surface area contributed by atoms with Crippen molar-refractivity contribution in [2.45, 2.75) is 25.1 Å². The van der Waals surface area contributed by atoms with E-state index in [-0.39, 0.29) is 17.8 Å². The summed E-state index contributed by atoms with van der Waals surface area (Å²) in [5.41, 5.74) is 1.70. The molecule has 0 bridgehead atoms. The van der Waals surface area contributed by atoms with E-state index < -0.39 is 0 Å². The fourth-order valence-electron chi connectivity index (χ4n) is 2.39. The first-order chi connectivity index (χ1) is 12.9. The number of carbonyl (C=O) groups is 1. The summed E-state index contributed by atoms with van der Waals surface area (Å²) >= 11 is 13.3. The maximum absolute atomic E-state index is 11.9. The zero-order valence-corrected chi connectivity index (χ0v) is 17.1. The summed E-state index contributed by atoms with van der Waals surface area (Å²) in [6, 6.07) is 14.7. The molecule has 2 aromatic carbocycles. The molecule has 0 saturated carbocycles. The van der Waals surface area contributed by atoms with E-state index in [1.165, 1.54) is 11.8 Å². The van der Waals surface area contributed by atoms with E-state index in [2.05, 4.69) is 10.2 Å². The quantitative estimate of drug-likeness (QED) is 0.399. The van der Waals surface area contributed by atoms with E-state index in [0.29, 0.717) is 21.0 Å². The molecular weight excluding hydrogens is 405 g/mol. The normalized spacial score (nSPS) is 11.0. The Bertz CT molecular complexity index is 925. The number of benzene rings is 2. The van der Waals surface area contributed by atoms with Gasteiger partial charge in [-0.15, -0.1) is 10.2 Å². The lowest BCUT2D eigenvalue weighted by Gasteiger charge is -2.11. The molecule has 0 aliphatic heterocycles. The number of carbonyl (C=O) groups excluding carboxylic acids is 1. The Morgan fingerprint density at radius 1 is 1.04 bits per heavy atom. The van der Waals surface area contributed by atoms with Crippen molar-refractivity contribution in [1.29, 1.82) is 0 Å². The monoisotopic (exact) mass is 421 g/mol. The second-order valence-corrected chi connectivity index (χ2v) is 7.77. The number of halogens is 2. The molecule has 0 atom stereocenters. The highest BCUT2D eigenvalue weighted by atomic mass is 35.5. The van der Waals surface area contributed by atoms with Crippen molar-refractivity contribution in [3.05, 3.63) is 58.6 Å². The van der Waals surface area contributed by atoms with E-state index in [0.717, 1.165) is 11.3 Å². The fraction of sp³-hybridized carbons (Fsp3) is 0.211. The number of nitrogens with zero attached hydrogens (tertiary/aromatic N) is 3. The Morgan fingerprint density at radius 2 is 1.63 bits per heavy atom. The average molecular weight is 422 g/mol. The highest BCUT2D eigenvalue weighted by Gasteiger charge is 2.18. The zero-order valence-electron chi connectivity index (χ0n) is 14.7. The Kier molecular flexibility index (Phi) is 6.42. The first-order valence-electron chi connectivity index (χ1n) is 8.23. The third-order valence-electron chi connectivity index (χ3n) is 3.51. The SMILES string of the molecule is CC(C)OC(=O)CSc1nnc(-c2ccc(Cl)cc2)n1-c1ccc(Cl)cc1. The van der Waals surface area contributed by atoms with Crippen molar-refractivity contribution in [2.75, 3.05) is 5.75 Å². The number of hydrogen-bond acceptors (Lipinski definition) is 5. The minimum Gasteiger partial charge on any atom is -0.462 e. The summed E-state index contributed by atoms with van der Waals surface area (Å²) in [4.78, 5) is 11.9. The maximum atomic E-state index is 11.9. The van der Waals surface area contributed by atoms with Gasteiger partial charge in [-0.05, 0) is 62.4 Å². The van der Waals surface area contributed by atoms with E-state index in [1.54, 1.807) is 24.3 Å². The number of aromatic nitrogens is 3. The zero-order chi connectivity index (χ0) is 19.4. The van der Waals surface area contributed by atoms with Crippen LogP contribution in [0.4, 0.5) is 0 Å². The van der Waals surface area contributed by atoms with Crippen LogP contribution in [0.3, 0.4) is 0 Å². The second-order valence-electron chi connectivity index (χ2n) is 5.95. The van der Waals surface area contributed by atoms with Crippen LogP contribution in [-0.4, -0.2) is 32.6 Å². The molecule has 0 N–H and O–H groups in total. The van der Waals surface area contributed by atoms with Gasteiger partial charge in [-0.25, -0.2) is 0 Å². The van der Waals surface area contributed by atoms with Crippen molar-refractivity contribution >= 4 is 40.9 Å². The van der Waals surface area contributed by atoms with Gasteiger partial charge in [0.2, 0.25) is 0 Å². The molecule has 140 valence electrons. The molecule has 0 aliphatic carbocycles. The minimum absolute atomic E-state index is 0.143. The lowest BCUT2D eigenvalue weighted by atomic mass is 10.2. The first kappa shape index (κ1) is 19.7. The second kappa shape index (κ2) is 8.78. The molecule has 0 radical (unpaired) electrons. The van der Waals surface area contributed by atoms with Crippen LogP contribution >= 0.6 is 35.0 Å². The first-order valence-corrected chi connectivity index (χ1v) is 9.98. The largest absolute Gasteiger partial charge is 0.462 e. The van der Waals surface area contributed by atoms with Crippen LogP contribution < -0.4 is 0 Å². The molecule has 0 unspecified atom stereocenters. The molecule has 0 spiro atoms. The highest BCUT2D eigenvalue weighted by Crippen LogP contribution is 2.29. The van der Waals surface area contributed by atoms with Crippen molar-refractivity contribution in [3.8, 4) is 17.1 Å². The highest BCUT2D eigenvalue weighted by molar-refractivity contribution is 7.99. The van der Waals surface area contributed by atoms with Gasteiger partial charge in [0, 0.05) is 21.3 Å². The Morgan fingerprint density at radius 3 is 2.22 bits per heavy atom. The molecule has 0 aliphatic rings. The average Bonchev–Trinajstić information content (AvgIpc) is 3.04. The van der Waals surface area contributed by atoms with E-state index in [9.17, 15) is 4.79 Å². The number of ether oxygens (including phenoxy) is 1. The Labute approximate surface area is 171 Å². The van der Waals surface area contributed by atoms with Crippen molar-refractivity contribution in [2.24, 2.45) is 0 Å². The van der Waals surface area contributed by atoms with Gasteiger partial charge in [0.25, 0.3) is 0 Å². The summed E-state index contributed by atoms with van der Waals surface area (Å²) < 4.78 is 7.07. The molecule has 1 heterocycles. The Balaban J connectivity index is 1.97.